The molecule has 0 saturated heterocycles. The number of anilines is 1. The van der Waals surface area contributed by atoms with Gasteiger partial charge in [-0.05, 0) is 48.9 Å². The van der Waals surface area contributed by atoms with Gasteiger partial charge in [-0.25, -0.2) is 0 Å². The molecule has 94 valence electrons. The molecule has 1 saturated carbocycles. The van der Waals surface area contributed by atoms with Gasteiger partial charge in [0.15, 0.2) is 0 Å². The lowest BCUT2D eigenvalue weighted by Gasteiger charge is -2.39. The maximum absolute atomic E-state index is 3.72. The highest BCUT2D eigenvalue weighted by Crippen LogP contribution is 2.37. The molecule has 0 radical (unpaired) electrons. The van der Waals surface area contributed by atoms with Crippen LogP contribution < -0.4 is 5.32 Å². The van der Waals surface area contributed by atoms with Gasteiger partial charge in [0.1, 0.15) is 0 Å². The summed E-state index contributed by atoms with van der Waals surface area (Å²) in [5, 5.41) is 3.72. The Morgan fingerprint density at radius 1 is 1.29 bits per heavy atom. The average molecular weight is 296 g/mol. The van der Waals surface area contributed by atoms with E-state index >= 15 is 0 Å². The second-order valence-electron chi connectivity index (χ2n) is 5.90. The minimum absolute atomic E-state index is 0.416. The average Bonchev–Trinajstić information content (AvgIpc) is 2.26. The molecule has 1 aromatic carbocycles. The van der Waals surface area contributed by atoms with Crippen molar-refractivity contribution in [2.75, 3.05) is 5.32 Å². The Hall–Kier alpha value is -0.500. The lowest BCUT2D eigenvalue weighted by Crippen LogP contribution is -2.38. The van der Waals surface area contributed by atoms with Gasteiger partial charge in [-0.15, -0.1) is 0 Å². The Morgan fingerprint density at radius 3 is 2.71 bits per heavy atom. The molecule has 1 atom stereocenters. The van der Waals surface area contributed by atoms with Crippen molar-refractivity contribution in [2.24, 2.45) is 5.41 Å². The summed E-state index contributed by atoms with van der Waals surface area (Å²) in [5.41, 5.74) is 2.97. The summed E-state index contributed by atoms with van der Waals surface area (Å²) in [6, 6.07) is 7.14. The second kappa shape index (κ2) is 5.01. The molecule has 17 heavy (non-hydrogen) atoms. The lowest BCUT2D eigenvalue weighted by molar-refractivity contribution is 0.217. The number of nitrogens with one attached hydrogen (secondary N) is 1. The van der Waals surface area contributed by atoms with Crippen LogP contribution in [0.4, 0.5) is 5.69 Å². The molecule has 2 heteroatoms. The Kier molecular flexibility index (Phi) is 3.82. The number of halogens is 1. The van der Waals surface area contributed by atoms with Crippen molar-refractivity contribution in [3.8, 4) is 0 Å². The van der Waals surface area contributed by atoms with Crippen LogP contribution in [-0.4, -0.2) is 6.04 Å². The van der Waals surface area contributed by atoms with Crippen LogP contribution in [-0.2, 0) is 0 Å². The SMILES string of the molecule is Cc1cc(NC2CCCCC2(C)C)ccc1Br. The van der Waals surface area contributed by atoms with Crippen molar-refractivity contribution in [1.82, 2.24) is 0 Å². The van der Waals surface area contributed by atoms with Gasteiger partial charge >= 0.3 is 0 Å². The van der Waals surface area contributed by atoms with E-state index in [9.17, 15) is 0 Å². The number of aryl methyl sites for hydroxylation is 1. The van der Waals surface area contributed by atoms with E-state index < -0.39 is 0 Å². The minimum atomic E-state index is 0.416. The third-order valence-corrected chi connectivity index (χ3v) is 4.90. The van der Waals surface area contributed by atoms with E-state index in [-0.39, 0.29) is 0 Å². The summed E-state index contributed by atoms with van der Waals surface area (Å²) in [6.07, 6.45) is 5.36. The molecule has 1 aliphatic rings. The molecule has 0 heterocycles. The normalized spacial score (nSPS) is 23.4. The van der Waals surface area contributed by atoms with E-state index in [1.165, 1.54) is 41.4 Å². The Balaban J connectivity index is 2.11. The maximum atomic E-state index is 3.72. The minimum Gasteiger partial charge on any atom is -0.382 e. The molecule has 1 N–H and O–H groups in total. The Morgan fingerprint density at radius 2 is 2.06 bits per heavy atom. The number of hydrogen-bond donors (Lipinski definition) is 1. The van der Waals surface area contributed by atoms with Gasteiger partial charge < -0.3 is 5.32 Å². The van der Waals surface area contributed by atoms with Gasteiger partial charge in [0.2, 0.25) is 0 Å². The predicted octanol–water partition coefficient (Wildman–Crippen LogP) is 5.14. The fourth-order valence-electron chi connectivity index (χ4n) is 2.70. The quantitative estimate of drug-likeness (QED) is 0.797. The third kappa shape index (κ3) is 3.04. The van der Waals surface area contributed by atoms with Crippen LogP contribution in [0.5, 0.6) is 0 Å². The van der Waals surface area contributed by atoms with Crippen molar-refractivity contribution in [1.29, 1.82) is 0 Å². The molecule has 1 aliphatic carbocycles. The summed E-state index contributed by atoms with van der Waals surface area (Å²) >= 11 is 3.55. The number of hydrogen-bond acceptors (Lipinski definition) is 1. The maximum Gasteiger partial charge on any atom is 0.0345 e. The second-order valence-corrected chi connectivity index (χ2v) is 6.75. The molecule has 0 amide bonds. The fraction of sp³-hybridized carbons (Fsp3) is 0.600. The van der Waals surface area contributed by atoms with E-state index in [0.29, 0.717) is 11.5 Å². The first-order valence-electron chi connectivity index (χ1n) is 6.52. The first-order chi connectivity index (χ1) is 7.99. The molecule has 0 bridgehead atoms. The van der Waals surface area contributed by atoms with Crippen LogP contribution in [0.3, 0.4) is 0 Å². The summed E-state index contributed by atoms with van der Waals surface area (Å²) < 4.78 is 1.19. The fourth-order valence-corrected chi connectivity index (χ4v) is 2.94. The highest BCUT2D eigenvalue weighted by atomic mass is 79.9. The first-order valence-corrected chi connectivity index (χ1v) is 7.31. The molecule has 0 spiro atoms. The zero-order valence-corrected chi connectivity index (χ0v) is 12.6. The topological polar surface area (TPSA) is 12.0 Å². The Bertz CT molecular complexity index is 398. The molecule has 1 aromatic rings. The van der Waals surface area contributed by atoms with Crippen molar-refractivity contribution < 1.29 is 0 Å². The zero-order valence-electron chi connectivity index (χ0n) is 11.0. The molecule has 2 rings (SSSR count). The highest BCUT2D eigenvalue weighted by molar-refractivity contribution is 9.10. The van der Waals surface area contributed by atoms with Gasteiger partial charge in [0.05, 0.1) is 0 Å². The third-order valence-electron chi connectivity index (χ3n) is 4.01. The van der Waals surface area contributed by atoms with Crippen molar-refractivity contribution in [2.45, 2.75) is 52.5 Å². The van der Waals surface area contributed by atoms with Crippen LogP contribution >= 0.6 is 15.9 Å². The van der Waals surface area contributed by atoms with Crippen LogP contribution in [0, 0.1) is 12.3 Å². The van der Waals surface area contributed by atoms with E-state index in [1.54, 1.807) is 0 Å². The highest BCUT2D eigenvalue weighted by Gasteiger charge is 2.31. The standard InChI is InChI=1S/C15H22BrN/c1-11-10-12(7-8-13(11)16)17-14-6-4-5-9-15(14,2)3/h7-8,10,14,17H,4-6,9H2,1-3H3. The Labute approximate surface area is 113 Å². The number of rotatable bonds is 2. The predicted molar refractivity (Wildman–Crippen MR) is 78.5 cm³/mol. The summed E-state index contributed by atoms with van der Waals surface area (Å²) in [4.78, 5) is 0. The molecule has 0 aliphatic heterocycles. The van der Waals surface area contributed by atoms with Gasteiger partial charge in [-0.3, -0.25) is 0 Å². The molecule has 1 nitrogen and oxygen atoms in total. The van der Waals surface area contributed by atoms with Gasteiger partial charge in [-0.1, -0.05) is 42.6 Å². The first kappa shape index (κ1) is 12.9. The largest absolute Gasteiger partial charge is 0.382 e. The van der Waals surface area contributed by atoms with Crippen molar-refractivity contribution in [3.05, 3.63) is 28.2 Å². The van der Waals surface area contributed by atoms with E-state index in [2.05, 4.69) is 60.2 Å². The molecular formula is C15H22BrN. The van der Waals surface area contributed by atoms with Crippen LogP contribution in [0.2, 0.25) is 0 Å². The van der Waals surface area contributed by atoms with Crippen molar-refractivity contribution >= 4 is 21.6 Å². The van der Waals surface area contributed by atoms with Gasteiger partial charge in [0, 0.05) is 16.2 Å². The molecule has 1 fully saturated rings. The molecule has 1 unspecified atom stereocenters. The monoisotopic (exact) mass is 295 g/mol. The number of benzene rings is 1. The molecule has 0 aromatic heterocycles. The summed E-state index contributed by atoms with van der Waals surface area (Å²) in [7, 11) is 0. The zero-order chi connectivity index (χ0) is 12.5. The van der Waals surface area contributed by atoms with Crippen molar-refractivity contribution in [3.63, 3.8) is 0 Å². The van der Waals surface area contributed by atoms with Crippen LogP contribution in [0.15, 0.2) is 22.7 Å². The smallest absolute Gasteiger partial charge is 0.0345 e. The summed E-state index contributed by atoms with van der Waals surface area (Å²) in [6.45, 7) is 6.91. The van der Waals surface area contributed by atoms with Gasteiger partial charge in [-0.2, -0.15) is 0 Å². The van der Waals surface area contributed by atoms with E-state index in [4.69, 9.17) is 0 Å². The lowest BCUT2D eigenvalue weighted by atomic mass is 9.73. The van der Waals surface area contributed by atoms with Crippen LogP contribution in [0.1, 0.15) is 45.1 Å². The van der Waals surface area contributed by atoms with E-state index in [1.807, 2.05) is 0 Å². The summed E-state index contributed by atoms with van der Waals surface area (Å²) in [5.74, 6) is 0. The van der Waals surface area contributed by atoms with E-state index in [0.717, 1.165) is 0 Å². The van der Waals surface area contributed by atoms with Gasteiger partial charge in [0.25, 0.3) is 0 Å². The molecular weight excluding hydrogens is 274 g/mol. The van der Waals surface area contributed by atoms with Crippen LogP contribution in [0.25, 0.3) is 0 Å².